The third-order valence-electron chi connectivity index (χ3n) is 10.6. The van der Waals surface area contributed by atoms with Crippen molar-refractivity contribution in [1.82, 2.24) is 25.0 Å². The Hall–Kier alpha value is -3.65. The topological polar surface area (TPSA) is 131 Å². The van der Waals surface area contributed by atoms with Gasteiger partial charge in [0.05, 0.1) is 42.7 Å². The molecule has 3 heterocycles. The van der Waals surface area contributed by atoms with Crippen LogP contribution in [0.4, 0.5) is 4.79 Å². The molecule has 1 aliphatic carbocycles. The van der Waals surface area contributed by atoms with Crippen LogP contribution >= 0.6 is 34.5 Å². The third-order valence-corrected chi connectivity index (χ3v) is 12.1. The SMILES string of the molecule is CCN(CC1(N2CCN(C(=O)CC3=C(C(=O)OC)C(c4c(Cl)cccc4Cl)C(C(=O)OC)=C(CCc4nccs4)N3)CC2)CCCCC1)C(=O)OC(C)(C)C. The van der Waals surface area contributed by atoms with Crippen LogP contribution in [0.5, 0.6) is 0 Å². The molecule has 2 aromatic rings. The maximum absolute atomic E-state index is 14.3. The molecule has 12 nitrogen and oxygen atoms in total. The zero-order chi connectivity index (χ0) is 39.9. The molecule has 2 aliphatic heterocycles. The van der Waals surface area contributed by atoms with E-state index in [0.29, 0.717) is 69.1 Å². The van der Waals surface area contributed by atoms with Crippen LogP contribution in [0.3, 0.4) is 0 Å². The molecule has 1 saturated carbocycles. The third kappa shape index (κ3) is 10.0. The number of thiazole rings is 1. The van der Waals surface area contributed by atoms with Crippen LogP contribution in [0.15, 0.2) is 52.3 Å². The van der Waals surface area contributed by atoms with Crippen LogP contribution in [0, 0.1) is 0 Å². The monoisotopic (exact) mass is 817 g/mol. The van der Waals surface area contributed by atoms with E-state index in [9.17, 15) is 19.2 Å². The van der Waals surface area contributed by atoms with E-state index < -0.39 is 23.5 Å². The van der Waals surface area contributed by atoms with Gasteiger partial charge in [-0.05, 0) is 59.1 Å². The van der Waals surface area contributed by atoms with E-state index in [-0.39, 0.29) is 45.2 Å². The van der Waals surface area contributed by atoms with Gasteiger partial charge in [0.25, 0.3) is 0 Å². The van der Waals surface area contributed by atoms with E-state index >= 15 is 0 Å². The van der Waals surface area contributed by atoms with Crippen molar-refractivity contribution in [1.29, 1.82) is 0 Å². The number of aryl methyl sites for hydroxylation is 1. The predicted octanol–water partition coefficient (Wildman–Crippen LogP) is 7.12. The van der Waals surface area contributed by atoms with E-state index in [4.69, 9.17) is 37.4 Å². The second-order valence-corrected chi connectivity index (χ2v) is 17.0. The van der Waals surface area contributed by atoms with Crippen molar-refractivity contribution in [2.24, 2.45) is 0 Å². The summed E-state index contributed by atoms with van der Waals surface area (Å²) >= 11 is 15.0. The molecule has 300 valence electrons. The highest BCUT2D eigenvalue weighted by Gasteiger charge is 2.44. The molecule has 1 unspecified atom stereocenters. The number of ether oxygens (including phenoxy) is 3. The largest absolute Gasteiger partial charge is 0.466 e. The molecule has 1 atom stereocenters. The number of likely N-dealkylation sites (N-methyl/N-ethyl adjacent to an activating group) is 1. The number of rotatable bonds is 12. The number of halogens is 2. The molecule has 1 saturated heterocycles. The molecule has 3 aliphatic rings. The normalized spacial score (nSPS) is 19.1. The van der Waals surface area contributed by atoms with Gasteiger partial charge in [-0.25, -0.2) is 19.4 Å². The first-order valence-corrected chi connectivity index (χ1v) is 20.6. The standard InChI is InChI=1S/C40H53Cl2N5O7S/c1-7-45(38(51)54-39(2,3)4)25-40(16-9-8-10-17-40)47-21-19-46(20-22-47)31(48)24-29-34(37(50)53-6)35(32-26(41)12-11-13-27(32)42)33(36(49)52-5)28(44-29)14-15-30-43-18-23-55-30/h11-13,18,23,35,44H,7-10,14-17,19-22,24-25H2,1-6H3. The Morgan fingerprint density at radius 3 is 2.11 bits per heavy atom. The number of carbonyl (C=O) groups excluding carboxylic acids is 4. The van der Waals surface area contributed by atoms with E-state index in [1.807, 2.05) is 42.9 Å². The first-order chi connectivity index (χ1) is 26.2. The zero-order valence-corrected chi connectivity index (χ0v) is 35.0. The maximum atomic E-state index is 14.3. The Labute approximate surface area is 338 Å². The lowest BCUT2D eigenvalue weighted by Crippen LogP contribution is -2.63. The average molecular weight is 819 g/mol. The van der Waals surface area contributed by atoms with Crippen molar-refractivity contribution in [2.75, 3.05) is 53.5 Å². The number of nitrogens with zero attached hydrogens (tertiary/aromatic N) is 4. The number of hydrogen-bond donors (Lipinski definition) is 1. The van der Waals surface area contributed by atoms with Crippen LogP contribution in [-0.4, -0.2) is 108 Å². The highest BCUT2D eigenvalue weighted by Crippen LogP contribution is 2.46. The average Bonchev–Trinajstić information content (AvgIpc) is 3.69. The summed E-state index contributed by atoms with van der Waals surface area (Å²) in [6, 6.07) is 4.96. The molecule has 1 N–H and O–H groups in total. The highest BCUT2D eigenvalue weighted by atomic mass is 35.5. The summed E-state index contributed by atoms with van der Waals surface area (Å²) in [5.41, 5.74) is 0.536. The quantitative estimate of drug-likeness (QED) is 0.175. The fourth-order valence-corrected chi connectivity index (χ4v) is 9.23. The summed E-state index contributed by atoms with van der Waals surface area (Å²) in [4.78, 5) is 65.4. The second kappa shape index (κ2) is 18.5. The van der Waals surface area contributed by atoms with Crippen molar-refractivity contribution in [3.05, 3.63) is 72.9 Å². The van der Waals surface area contributed by atoms with Gasteiger partial charge in [-0.2, -0.15) is 0 Å². The number of aromatic nitrogens is 1. The van der Waals surface area contributed by atoms with Crippen molar-refractivity contribution in [3.63, 3.8) is 0 Å². The molecule has 5 rings (SSSR count). The number of dihydropyridines is 1. The minimum Gasteiger partial charge on any atom is -0.466 e. The number of hydrogen-bond acceptors (Lipinski definition) is 11. The molecular weight excluding hydrogens is 765 g/mol. The molecule has 55 heavy (non-hydrogen) atoms. The number of amides is 2. The maximum Gasteiger partial charge on any atom is 0.410 e. The van der Waals surface area contributed by atoms with E-state index in [1.54, 1.807) is 24.4 Å². The second-order valence-electron chi connectivity index (χ2n) is 15.2. The molecule has 15 heteroatoms. The van der Waals surface area contributed by atoms with Gasteiger partial charge >= 0.3 is 18.0 Å². The Morgan fingerprint density at radius 1 is 0.945 bits per heavy atom. The van der Waals surface area contributed by atoms with Gasteiger partial charge in [0, 0.05) is 89.8 Å². The first kappa shape index (κ1) is 42.5. The van der Waals surface area contributed by atoms with Crippen molar-refractivity contribution in [2.45, 2.75) is 96.1 Å². The molecule has 2 amide bonds. The highest BCUT2D eigenvalue weighted by molar-refractivity contribution is 7.09. The zero-order valence-electron chi connectivity index (χ0n) is 32.7. The fourth-order valence-electron chi connectivity index (χ4n) is 8.00. The Morgan fingerprint density at radius 2 is 1.56 bits per heavy atom. The number of nitrogens with one attached hydrogen (secondary N) is 1. The van der Waals surface area contributed by atoms with Gasteiger partial charge in [-0.1, -0.05) is 48.5 Å². The summed E-state index contributed by atoms with van der Waals surface area (Å²) in [5, 5.41) is 6.54. The summed E-state index contributed by atoms with van der Waals surface area (Å²) in [6.45, 7) is 10.9. The molecule has 0 spiro atoms. The van der Waals surface area contributed by atoms with E-state index in [2.05, 4.69) is 15.2 Å². The minimum atomic E-state index is -1.08. The number of allylic oxidation sites excluding steroid dienone is 1. The Kier molecular flexibility index (Phi) is 14.3. The number of esters is 2. The molecule has 2 fully saturated rings. The number of piperazine rings is 1. The van der Waals surface area contributed by atoms with Crippen LogP contribution in [-0.2, 0) is 35.0 Å². The smallest absolute Gasteiger partial charge is 0.410 e. The molecule has 1 aromatic heterocycles. The van der Waals surface area contributed by atoms with Crippen molar-refractivity contribution in [3.8, 4) is 0 Å². The van der Waals surface area contributed by atoms with Crippen LogP contribution < -0.4 is 5.32 Å². The lowest BCUT2D eigenvalue weighted by Gasteiger charge is -2.51. The lowest BCUT2D eigenvalue weighted by atomic mass is 9.78. The van der Waals surface area contributed by atoms with Gasteiger partial charge < -0.3 is 29.3 Å². The van der Waals surface area contributed by atoms with Gasteiger partial charge in [0.15, 0.2) is 0 Å². The van der Waals surface area contributed by atoms with Gasteiger partial charge in [-0.3, -0.25) is 9.69 Å². The molecule has 0 bridgehead atoms. The van der Waals surface area contributed by atoms with Gasteiger partial charge in [0.1, 0.15) is 5.60 Å². The first-order valence-electron chi connectivity index (χ1n) is 18.9. The van der Waals surface area contributed by atoms with Gasteiger partial charge in [0.2, 0.25) is 5.91 Å². The predicted molar refractivity (Wildman–Crippen MR) is 213 cm³/mol. The van der Waals surface area contributed by atoms with E-state index in [0.717, 1.165) is 37.1 Å². The summed E-state index contributed by atoms with van der Waals surface area (Å²) < 4.78 is 16.3. The fraction of sp³-hybridized carbons (Fsp3) is 0.575. The van der Waals surface area contributed by atoms with Crippen molar-refractivity contribution >= 4 is 58.5 Å². The number of methoxy groups -OCH3 is 2. The van der Waals surface area contributed by atoms with Crippen LogP contribution in [0.1, 0.15) is 89.1 Å². The van der Waals surface area contributed by atoms with Crippen molar-refractivity contribution < 1.29 is 33.4 Å². The lowest BCUT2D eigenvalue weighted by molar-refractivity contribution is -0.137. The Balaban J connectivity index is 1.43. The van der Waals surface area contributed by atoms with E-state index in [1.165, 1.54) is 25.6 Å². The molecule has 1 aromatic carbocycles. The molecular formula is C40H53Cl2N5O7S. The summed E-state index contributed by atoms with van der Waals surface area (Å²) in [5.74, 6) is -2.66. The minimum absolute atomic E-state index is 0.0610. The Bertz CT molecular complexity index is 1760. The summed E-state index contributed by atoms with van der Waals surface area (Å²) in [7, 11) is 2.52. The van der Waals surface area contributed by atoms with Crippen LogP contribution in [0.25, 0.3) is 0 Å². The number of benzene rings is 1. The summed E-state index contributed by atoms with van der Waals surface area (Å²) in [6.07, 6.45) is 7.30. The van der Waals surface area contributed by atoms with Crippen LogP contribution in [0.2, 0.25) is 10.0 Å². The number of carbonyl (C=O) groups is 4. The van der Waals surface area contributed by atoms with Gasteiger partial charge in [-0.15, -0.1) is 11.3 Å². The molecule has 0 radical (unpaired) electrons.